The Morgan fingerprint density at radius 1 is 1.17 bits per heavy atom. The Morgan fingerprint density at radius 3 is 2.69 bits per heavy atom. The van der Waals surface area contributed by atoms with Crippen LogP contribution in [0.25, 0.3) is 0 Å². The van der Waals surface area contributed by atoms with Gasteiger partial charge in [0.1, 0.15) is 17.3 Å². The van der Waals surface area contributed by atoms with Crippen LogP contribution in [0.1, 0.15) is 24.0 Å². The predicted molar refractivity (Wildman–Crippen MR) is 110 cm³/mol. The quantitative estimate of drug-likeness (QED) is 0.619. The molecule has 2 fully saturated rings. The molecule has 0 aromatic heterocycles. The SMILES string of the molecule is COc1ccc(CN2OCC3CC(OC)CC32c2ccc(F)c(Br)c2)c(OC)c1. The molecule has 0 amide bonds. The second-order valence-electron chi connectivity index (χ2n) is 7.56. The van der Waals surface area contributed by atoms with E-state index in [2.05, 4.69) is 15.9 Å². The Labute approximate surface area is 178 Å². The van der Waals surface area contributed by atoms with E-state index in [1.165, 1.54) is 6.07 Å². The molecule has 4 rings (SSSR count). The maximum atomic E-state index is 13.9. The lowest BCUT2D eigenvalue weighted by atomic mass is 9.81. The highest BCUT2D eigenvalue weighted by atomic mass is 79.9. The monoisotopic (exact) mass is 465 g/mol. The van der Waals surface area contributed by atoms with E-state index in [1.54, 1.807) is 21.3 Å². The molecule has 1 heterocycles. The van der Waals surface area contributed by atoms with Crippen molar-refractivity contribution in [2.24, 2.45) is 5.92 Å². The molecule has 1 aliphatic carbocycles. The third-order valence-electron chi connectivity index (χ3n) is 6.20. The van der Waals surface area contributed by atoms with Gasteiger partial charge in [-0.3, -0.25) is 4.84 Å². The molecule has 0 radical (unpaired) electrons. The Balaban J connectivity index is 1.73. The van der Waals surface area contributed by atoms with Crippen LogP contribution in [0.2, 0.25) is 0 Å². The fourth-order valence-corrected chi connectivity index (χ4v) is 5.06. The zero-order valence-corrected chi connectivity index (χ0v) is 18.4. The molecule has 5 nitrogen and oxygen atoms in total. The lowest BCUT2D eigenvalue weighted by Gasteiger charge is -2.37. The van der Waals surface area contributed by atoms with Crippen LogP contribution in [-0.4, -0.2) is 39.1 Å². The topological polar surface area (TPSA) is 40.2 Å². The van der Waals surface area contributed by atoms with E-state index in [9.17, 15) is 4.39 Å². The van der Waals surface area contributed by atoms with E-state index in [-0.39, 0.29) is 23.4 Å². The fourth-order valence-electron chi connectivity index (χ4n) is 4.68. The van der Waals surface area contributed by atoms with Crippen LogP contribution in [0.3, 0.4) is 0 Å². The van der Waals surface area contributed by atoms with Gasteiger partial charge in [0.25, 0.3) is 0 Å². The molecule has 3 unspecified atom stereocenters. The van der Waals surface area contributed by atoms with Crippen molar-refractivity contribution in [2.75, 3.05) is 27.9 Å². The molecule has 0 N–H and O–H groups in total. The van der Waals surface area contributed by atoms with Crippen LogP contribution in [0.15, 0.2) is 40.9 Å². The first kappa shape index (κ1) is 20.6. The van der Waals surface area contributed by atoms with Crippen molar-refractivity contribution in [1.82, 2.24) is 5.06 Å². The molecule has 1 aliphatic heterocycles. The summed E-state index contributed by atoms with van der Waals surface area (Å²) in [5, 5.41) is 2.03. The lowest BCUT2D eigenvalue weighted by molar-refractivity contribution is -0.181. The Hall–Kier alpha value is -1.67. The van der Waals surface area contributed by atoms with Crippen LogP contribution in [0.5, 0.6) is 11.5 Å². The number of hydrogen-bond acceptors (Lipinski definition) is 5. The summed E-state index contributed by atoms with van der Waals surface area (Å²) in [6.07, 6.45) is 1.82. The van der Waals surface area contributed by atoms with E-state index in [1.807, 2.05) is 35.4 Å². The molecule has 0 bridgehead atoms. The number of nitrogens with zero attached hydrogens (tertiary/aromatic N) is 1. The molecule has 7 heteroatoms. The van der Waals surface area contributed by atoms with E-state index < -0.39 is 0 Å². The summed E-state index contributed by atoms with van der Waals surface area (Å²) in [6.45, 7) is 1.14. The van der Waals surface area contributed by atoms with E-state index >= 15 is 0 Å². The van der Waals surface area contributed by atoms with Gasteiger partial charge in [-0.25, -0.2) is 4.39 Å². The second-order valence-corrected chi connectivity index (χ2v) is 8.41. The third-order valence-corrected chi connectivity index (χ3v) is 6.81. The van der Waals surface area contributed by atoms with Gasteiger partial charge in [-0.15, -0.1) is 0 Å². The Kier molecular flexibility index (Phi) is 5.84. The normalized spacial score (nSPS) is 26.5. The summed E-state index contributed by atoms with van der Waals surface area (Å²) in [5.41, 5.74) is 1.64. The van der Waals surface area contributed by atoms with Gasteiger partial charge >= 0.3 is 0 Å². The van der Waals surface area contributed by atoms with Crippen molar-refractivity contribution in [3.8, 4) is 11.5 Å². The van der Waals surface area contributed by atoms with Crippen molar-refractivity contribution in [3.05, 3.63) is 57.8 Å². The van der Waals surface area contributed by atoms with Crippen molar-refractivity contribution < 1.29 is 23.4 Å². The predicted octanol–water partition coefficient (Wildman–Crippen LogP) is 4.67. The van der Waals surface area contributed by atoms with E-state index in [4.69, 9.17) is 19.0 Å². The van der Waals surface area contributed by atoms with Crippen molar-refractivity contribution in [2.45, 2.75) is 31.0 Å². The minimum atomic E-state index is -0.387. The fraction of sp³-hybridized carbons (Fsp3) is 0.455. The van der Waals surface area contributed by atoms with Gasteiger partial charge in [-0.05, 0) is 52.5 Å². The molecule has 2 aromatic rings. The van der Waals surface area contributed by atoms with Gasteiger partial charge in [0.2, 0.25) is 0 Å². The smallest absolute Gasteiger partial charge is 0.137 e. The van der Waals surface area contributed by atoms with E-state index in [0.29, 0.717) is 17.6 Å². The average Bonchev–Trinajstić information content (AvgIpc) is 3.27. The first-order valence-corrected chi connectivity index (χ1v) is 10.4. The molecule has 2 aliphatic rings. The molecular weight excluding hydrogens is 441 g/mol. The zero-order valence-electron chi connectivity index (χ0n) is 16.8. The number of hydrogen-bond donors (Lipinski definition) is 0. The van der Waals surface area contributed by atoms with Crippen LogP contribution in [-0.2, 0) is 21.7 Å². The summed E-state index contributed by atoms with van der Waals surface area (Å²) >= 11 is 3.35. The van der Waals surface area contributed by atoms with Crippen molar-refractivity contribution in [1.29, 1.82) is 0 Å². The molecule has 3 atom stereocenters. The number of methoxy groups -OCH3 is 3. The van der Waals surface area contributed by atoms with Gasteiger partial charge in [0, 0.05) is 24.7 Å². The standard InChI is InChI=1S/C22H25BrFNO4/c1-26-17-6-4-14(21(10-17)28-3)12-25-22(15-5-7-20(24)19(23)9-15)11-18(27-2)8-16(22)13-29-25/h4-7,9-10,16,18H,8,11-13H2,1-3H3. The average molecular weight is 466 g/mol. The minimum Gasteiger partial charge on any atom is -0.497 e. The number of benzene rings is 2. The summed E-state index contributed by atoms with van der Waals surface area (Å²) in [6, 6.07) is 11.0. The van der Waals surface area contributed by atoms with Crippen LogP contribution in [0.4, 0.5) is 4.39 Å². The van der Waals surface area contributed by atoms with Gasteiger partial charge in [-0.2, -0.15) is 5.06 Å². The summed E-state index contributed by atoms with van der Waals surface area (Å²) in [4.78, 5) is 6.18. The summed E-state index contributed by atoms with van der Waals surface area (Å²) in [5.74, 6) is 1.47. The molecule has 2 aromatic carbocycles. The molecule has 156 valence electrons. The molecule has 1 saturated carbocycles. The highest BCUT2D eigenvalue weighted by molar-refractivity contribution is 9.10. The lowest BCUT2D eigenvalue weighted by Crippen LogP contribution is -2.42. The van der Waals surface area contributed by atoms with Gasteiger partial charge < -0.3 is 14.2 Å². The number of rotatable bonds is 6. The summed E-state index contributed by atoms with van der Waals surface area (Å²) < 4.78 is 31.0. The highest BCUT2D eigenvalue weighted by Gasteiger charge is 2.57. The maximum absolute atomic E-state index is 13.9. The van der Waals surface area contributed by atoms with Gasteiger partial charge in [0.15, 0.2) is 0 Å². The number of fused-ring (bicyclic) bond motifs is 1. The first-order valence-electron chi connectivity index (χ1n) is 9.61. The largest absolute Gasteiger partial charge is 0.497 e. The Bertz CT molecular complexity index is 895. The molecule has 0 spiro atoms. The van der Waals surface area contributed by atoms with E-state index in [0.717, 1.165) is 35.5 Å². The number of halogens is 2. The molecule has 29 heavy (non-hydrogen) atoms. The van der Waals surface area contributed by atoms with Gasteiger partial charge in [0.05, 0.1) is 43.5 Å². The van der Waals surface area contributed by atoms with Gasteiger partial charge in [-0.1, -0.05) is 12.1 Å². The van der Waals surface area contributed by atoms with Crippen LogP contribution in [0, 0.1) is 11.7 Å². The third kappa shape index (κ3) is 3.54. The first-order chi connectivity index (χ1) is 14.0. The zero-order chi connectivity index (χ0) is 20.6. The van der Waals surface area contributed by atoms with Crippen LogP contribution >= 0.6 is 15.9 Å². The van der Waals surface area contributed by atoms with Crippen LogP contribution < -0.4 is 9.47 Å². The number of hydroxylamine groups is 2. The van der Waals surface area contributed by atoms with Crippen molar-refractivity contribution >= 4 is 15.9 Å². The highest BCUT2D eigenvalue weighted by Crippen LogP contribution is 2.54. The van der Waals surface area contributed by atoms with Crippen molar-refractivity contribution in [3.63, 3.8) is 0 Å². The second kappa shape index (κ2) is 8.22. The number of ether oxygens (including phenoxy) is 3. The molecular formula is C22H25BrFNO4. The maximum Gasteiger partial charge on any atom is 0.137 e. The molecule has 1 saturated heterocycles. The summed E-state index contributed by atoms with van der Waals surface area (Å²) in [7, 11) is 5.03. The minimum absolute atomic E-state index is 0.132. The Morgan fingerprint density at radius 2 is 2.00 bits per heavy atom.